The van der Waals surface area contributed by atoms with Gasteiger partial charge in [0.2, 0.25) is 0 Å². The Balaban J connectivity index is 1.35. The summed E-state index contributed by atoms with van der Waals surface area (Å²) in [5, 5.41) is 3.00. The highest BCUT2D eigenvalue weighted by Gasteiger charge is 2.10. The van der Waals surface area contributed by atoms with Crippen LogP contribution < -0.4 is 10.1 Å². The summed E-state index contributed by atoms with van der Waals surface area (Å²) in [6, 6.07) is 17.4. The van der Waals surface area contributed by atoms with Crippen LogP contribution in [0.5, 0.6) is 5.75 Å². The standard InChI is InChI=1S/C22H28N2O2/c25-22(23-14-4-5-15-24-16-6-7-17-24)20-10-12-21(13-11-20)26-18-19-8-2-1-3-9-19/h1-3,8-13H,4-7,14-18H2,(H,23,25). The molecule has 1 fully saturated rings. The van der Waals surface area contributed by atoms with Crippen LogP contribution in [0.3, 0.4) is 0 Å². The van der Waals surface area contributed by atoms with Crippen molar-refractivity contribution in [2.75, 3.05) is 26.2 Å². The maximum atomic E-state index is 12.2. The molecule has 138 valence electrons. The van der Waals surface area contributed by atoms with Crippen molar-refractivity contribution in [2.45, 2.75) is 32.3 Å². The van der Waals surface area contributed by atoms with Crippen LogP contribution in [0.2, 0.25) is 0 Å². The van der Waals surface area contributed by atoms with Crippen LogP contribution in [0.25, 0.3) is 0 Å². The first-order chi connectivity index (χ1) is 12.8. The molecule has 0 saturated carbocycles. The normalized spacial score (nSPS) is 14.3. The van der Waals surface area contributed by atoms with Crippen LogP contribution in [-0.2, 0) is 6.61 Å². The SMILES string of the molecule is O=C(NCCCCN1CCCC1)c1ccc(OCc2ccccc2)cc1. The Kier molecular flexibility index (Phi) is 7.08. The molecule has 0 atom stereocenters. The molecule has 0 aliphatic carbocycles. The second kappa shape index (κ2) is 9.97. The first kappa shape index (κ1) is 18.5. The van der Waals surface area contributed by atoms with Crippen molar-refractivity contribution < 1.29 is 9.53 Å². The Labute approximate surface area is 156 Å². The Morgan fingerprint density at radius 2 is 1.69 bits per heavy atom. The summed E-state index contributed by atoms with van der Waals surface area (Å²) in [6.45, 7) is 4.90. The minimum Gasteiger partial charge on any atom is -0.489 e. The first-order valence-electron chi connectivity index (χ1n) is 9.58. The fourth-order valence-electron chi connectivity index (χ4n) is 3.21. The van der Waals surface area contributed by atoms with Gasteiger partial charge in [0.25, 0.3) is 5.91 Å². The Bertz CT molecular complexity index is 664. The molecule has 0 aromatic heterocycles. The fraction of sp³-hybridized carbons (Fsp3) is 0.409. The number of nitrogens with zero attached hydrogens (tertiary/aromatic N) is 1. The van der Waals surface area contributed by atoms with Crippen molar-refractivity contribution in [3.05, 3.63) is 65.7 Å². The van der Waals surface area contributed by atoms with Crippen molar-refractivity contribution in [2.24, 2.45) is 0 Å². The molecule has 1 N–H and O–H groups in total. The maximum absolute atomic E-state index is 12.2. The average Bonchev–Trinajstić information content (AvgIpc) is 3.21. The van der Waals surface area contributed by atoms with Gasteiger partial charge in [-0.25, -0.2) is 0 Å². The van der Waals surface area contributed by atoms with Crippen molar-refractivity contribution in [3.63, 3.8) is 0 Å². The van der Waals surface area contributed by atoms with E-state index in [-0.39, 0.29) is 5.91 Å². The van der Waals surface area contributed by atoms with Crippen LogP contribution in [0.1, 0.15) is 41.6 Å². The van der Waals surface area contributed by atoms with Gasteiger partial charge >= 0.3 is 0 Å². The molecule has 26 heavy (non-hydrogen) atoms. The predicted octanol–water partition coefficient (Wildman–Crippen LogP) is 3.87. The van der Waals surface area contributed by atoms with E-state index in [9.17, 15) is 4.79 Å². The smallest absolute Gasteiger partial charge is 0.251 e. The van der Waals surface area contributed by atoms with Crippen molar-refractivity contribution in [1.82, 2.24) is 10.2 Å². The van der Waals surface area contributed by atoms with Gasteiger partial charge in [0.05, 0.1) is 0 Å². The molecule has 2 aromatic carbocycles. The van der Waals surface area contributed by atoms with Gasteiger partial charge in [0, 0.05) is 12.1 Å². The number of likely N-dealkylation sites (tertiary alicyclic amines) is 1. The van der Waals surface area contributed by atoms with Crippen LogP contribution in [-0.4, -0.2) is 37.0 Å². The monoisotopic (exact) mass is 352 g/mol. The molecule has 1 saturated heterocycles. The van der Waals surface area contributed by atoms with Crippen LogP contribution >= 0.6 is 0 Å². The lowest BCUT2D eigenvalue weighted by molar-refractivity contribution is 0.0952. The van der Waals surface area contributed by atoms with Gasteiger partial charge in [-0.1, -0.05) is 30.3 Å². The summed E-state index contributed by atoms with van der Waals surface area (Å²) in [6.07, 6.45) is 4.84. The highest BCUT2D eigenvalue weighted by molar-refractivity contribution is 5.94. The lowest BCUT2D eigenvalue weighted by atomic mass is 10.2. The third-order valence-corrected chi connectivity index (χ3v) is 4.75. The van der Waals surface area contributed by atoms with E-state index in [1.807, 2.05) is 54.6 Å². The van der Waals surface area contributed by atoms with Crippen LogP contribution in [0, 0.1) is 0 Å². The molecule has 4 heteroatoms. The number of rotatable bonds is 9. The summed E-state index contributed by atoms with van der Waals surface area (Å²) in [4.78, 5) is 14.7. The zero-order valence-electron chi connectivity index (χ0n) is 15.3. The maximum Gasteiger partial charge on any atom is 0.251 e. The number of nitrogens with one attached hydrogen (secondary N) is 1. The van der Waals surface area contributed by atoms with Gasteiger partial charge in [-0.2, -0.15) is 0 Å². The number of carbonyl (C=O) groups excluding carboxylic acids is 1. The molecule has 1 heterocycles. The number of unbranched alkanes of at least 4 members (excludes halogenated alkanes) is 1. The van der Waals surface area contributed by atoms with E-state index in [0.29, 0.717) is 12.2 Å². The first-order valence-corrected chi connectivity index (χ1v) is 9.58. The lowest BCUT2D eigenvalue weighted by Gasteiger charge is -2.14. The molecule has 2 aromatic rings. The molecule has 1 aliphatic heterocycles. The number of ether oxygens (including phenoxy) is 1. The van der Waals surface area contributed by atoms with E-state index in [4.69, 9.17) is 4.74 Å². The molecule has 1 amide bonds. The Morgan fingerprint density at radius 1 is 0.962 bits per heavy atom. The van der Waals surface area contributed by atoms with Gasteiger partial charge in [-0.05, 0) is 75.1 Å². The molecule has 1 aliphatic rings. The van der Waals surface area contributed by atoms with E-state index in [1.165, 1.54) is 25.9 Å². The molecular formula is C22H28N2O2. The zero-order valence-corrected chi connectivity index (χ0v) is 15.3. The molecule has 4 nitrogen and oxygen atoms in total. The zero-order chi connectivity index (χ0) is 18.0. The highest BCUT2D eigenvalue weighted by atomic mass is 16.5. The van der Waals surface area contributed by atoms with Gasteiger partial charge < -0.3 is 15.0 Å². The fourth-order valence-corrected chi connectivity index (χ4v) is 3.21. The molecule has 0 unspecified atom stereocenters. The number of amides is 1. The number of hydrogen-bond donors (Lipinski definition) is 1. The third-order valence-electron chi connectivity index (χ3n) is 4.75. The topological polar surface area (TPSA) is 41.6 Å². The van der Waals surface area contributed by atoms with Gasteiger partial charge in [-0.15, -0.1) is 0 Å². The molecule has 0 bridgehead atoms. The molecule has 3 rings (SSSR count). The van der Waals surface area contributed by atoms with Crippen LogP contribution in [0.15, 0.2) is 54.6 Å². The number of hydrogen-bond acceptors (Lipinski definition) is 3. The lowest BCUT2D eigenvalue weighted by Crippen LogP contribution is -2.26. The minimum atomic E-state index is -0.0132. The van der Waals surface area contributed by atoms with E-state index >= 15 is 0 Å². The average molecular weight is 352 g/mol. The Hall–Kier alpha value is -2.33. The summed E-state index contributed by atoms with van der Waals surface area (Å²) < 4.78 is 5.75. The van der Waals surface area contributed by atoms with Gasteiger partial charge in [-0.3, -0.25) is 4.79 Å². The van der Waals surface area contributed by atoms with Crippen LogP contribution in [0.4, 0.5) is 0 Å². The van der Waals surface area contributed by atoms with E-state index in [2.05, 4.69) is 10.2 Å². The van der Waals surface area contributed by atoms with Crippen molar-refractivity contribution in [1.29, 1.82) is 0 Å². The summed E-state index contributed by atoms with van der Waals surface area (Å²) in [5.74, 6) is 0.761. The molecular weight excluding hydrogens is 324 g/mol. The van der Waals surface area contributed by atoms with Crippen molar-refractivity contribution >= 4 is 5.91 Å². The van der Waals surface area contributed by atoms with E-state index < -0.39 is 0 Å². The number of benzene rings is 2. The number of carbonyl (C=O) groups is 1. The second-order valence-electron chi connectivity index (χ2n) is 6.81. The summed E-state index contributed by atoms with van der Waals surface area (Å²) in [5.41, 5.74) is 1.81. The van der Waals surface area contributed by atoms with E-state index in [1.54, 1.807) is 0 Å². The third kappa shape index (κ3) is 5.88. The van der Waals surface area contributed by atoms with Gasteiger partial charge in [0.1, 0.15) is 12.4 Å². The largest absolute Gasteiger partial charge is 0.489 e. The predicted molar refractivity (Wildman–Crippen MR) is 104 cm³/mol. The quantitative estimate of drug-likeness (QED) is 0.697. The second-order valence-corrected chi connectivity index (χ2v) is 6.81. The minimum absolute atomic E-state index is 0.0132. The van der Waals surface area contributed by atoms with E-state index in [0.717, 1.165) is 37.2 Å². The summed E-state index contributed by atoms with van der Waals surface area (Å²) >= 11 is 0. The summed E-state index contributed by atoms with van der Waals surface area (Å²) in [7, 11) is 0. The highest BCUT2D eigenvalue weighted by Crippen LogP contribution is 2.14. The molecule has 0 radical (unpaired) electrons. The van der Waals surface area contributed by atoms with Gasteiger partial charge in [0.15, 0.2) is 0 Å². The van der Waals surface area contributed by atoms with Crippen molar-refractivity contribution in [3.8, 4) is 5.75 Å². The molecule has 0 spiro atoms. The Morgan fingerprint density at radius 3 is 2.42 bits per heavy atom.